The number of aryl methyl sites for hydroxylation is 1. The number of rotatable bonds is 4. The average molecular weight is 376 g/mol. The smallest absolute Gasteiger partial charge is 0.253 e. The van der Waals surface area contributed by atoms with Gasteiger partial charge in [0.15, 0.2) is 0 Å². The van der Waals surface area contributed by atoms with Gasteiger partial charge in [-0.15, -0.1) is 11.3 Å². The summed E-state index contributed by atoms with van der Waals surface area (Å²) in [7, 11) is 0. The molecule has 7 heteroatoms. The molecule has 4 rings (SSSR count). The van der Waals surface area contributed by atoms with Gasteiger partial charge in [-0.1, -0.05) is 6.07 Å². The molecule has 0 aliphatic carbocycles. The number of hydrogen-bond acceptors (Lipinski definition) is 5. The monoisotopic (exact) mass is 376 g/mol. The van der Waals surface area contributed by atoms with Gasteiger partial charge in [-0.05, 0) is 48.9 Å². The number of carbonyl (C=O) groups is 1. The molecule has 0 fully saturated rings. The number of aromatic nitrogens is 3. The standard InChI is InChI=1S/C20H16N4O2S/c1-13-2-7-16-17(10-13)27-20(23-16)14-3-5-15(6-4-14)22-18(25)11-24-12-21-9-8-19(24)26/h2-10,12H,11H2,1H3,(H,22,25). The Kier molecular flexibility index (Phi) is 4.52. The van der Waals surface area contributed by atoms with Crippen LogP contribution in [-0.4, -0.2) is 20.4 Å². The largest absolute Gasteiger partial charge is 0.325 e. The minimum Gasteiger partial charge on any atom is -0.325 e. The van der Waals surface area contributed by atoms with Crippen molar-refractivity contribution >= 4 is 33.1 Å². The lowest BCUT2D eigenvalue weighted by Gasteiger charge is -2.07. The Morgan fingerprint density at radius 1 is 1.15 bits per heavy atom. The minimum absolute atomic E-state index is 0.0777. The fourth-order valence-electron chi connectivity index (χ4n) is 2.70. The molecule has 1 N–H and O–H groups in total. The Bertz CT molecular complexity index is 1180. The van der Waals surface area contributed by atoms with E-state index in [2.05, 4.69) is 34.3 Å². The highest BCUT2D eigenvalue weighted by Gasteiger charge is 2.08. The van der Waals surface area contributed by atoms with Gasteiger partial charge in [0, 0.05) is 23.5 Å². The molecule has 4 aromatic rings. The third kappa shape index (κ3) is 3.78. The SMILES string of the molecule is Cc1ccc2nc(-c3ccc(NC(=O)Cn4cnccc4=O)cc3)sc2c1. The van der Waals surface area contributed by atoms with E-state index in [-0.39, 0.29) is 18.0 Å². The zero-order chi connectivity index (χ0) is 18.8. The van der Waals surface area contributed by atoms with Crippen molar-refractivity contribution in [1.82, 2.24) is 14.5 Å². The maximum atomic E-state index is 12.1. The summed E-state index contributed by atoms with van der Waals surface area (Å²) in [6.45, 7) is 1.99. The number of nitrogens with zero attached hydrogens (tertiary/aromatic N) is 3. The molecule has 134 valence electrons. The van der Waals surface area contributed by atoms with Crippen molar-refractivity contribution in [3.8, 4) is 10.6 Å². The predicted octanol–water partition coefficient (Wildman–Crippen LogP) is 3.47. The van der Waals surface area contributed by atoms with Crippen LogP contribution in [0.5, 0.6) is 0 Å². The number of anilines is 1. The summed E-state index contributed by atoms with van der Waals surface area (Å²) in [6, 6.07) is 15.0. The highest BCUT2D eigenvalue weighted by molar-refractivity contribution is 7.21. The topological polar surface area (TPSA) is 76.9 Å². The van der Waals surface area contributed by atoms with E-state index in [0.29, 0.717) is 5.69 Å². The lowest BCUT2D eigenvalue weighted by Crippen LogP contribution is -2.26. The summed E-state index contributed by atoms with van der Waals surface area (Å²) in [5, 5.41) is 3.73. The second-order valence-electron chi connectivity index (χ2n) is 6.16. The molecular weight excluding hydrogens is 360 g/mol. The Morgan fingerprint density at radius 3 is 2.74 bits per heavy atom. The van der Waals surface area contributed by atoms with Gasteiger partial charge in [0.25, 0.3) is 5.56 Å². The summed E-state index contributed by atoms with van der Waals surface area (Å²) in [5.74, 6) is -0.284. The van der Waals surface area contributed by atoms with Gasteiger partial charge in [-0.25, -0.2) is 9.97 Å². The fourth-order valence-corrected chi connectivity index (χ4v) is 3.77. The highest BCUT2D eigenvalue weighted by Crippen LogP contribution is 2.31. The number of nitrogens with one attached hydrogen (secondary N) is 1. The molecule has 6 nitrogen and oxygen atoms in total. The molecule has 27 heavy (non-hydrogen) atoms. The minimum atomic E-state index is -0.284. The first-order chi connectivity index (χ1) is 13.1. The van der Waals surface area contributed by atoms with Crippen molar-refractivity contribution in [2.75, 3.05) is 5.32 Å². The molecule has 0 saturated heterocycles. The van der Waals surface area contributed by atoms with Crippen molar-refractivity contribution in [1.29, 1.82) is 0 Å². The van der Waals surface area contributed by atoms with Crippen LogP contribution in [0.25, 0.3) is 20.8 Å². The van der Waals surface area contributed by atoms with Crippen LogP contribution in [0.15, 0.2) is 65.8 Å². The molecule has 0 aliphatic heterocycles. The van der Waals surface area contributed by atoms with E-state index < -0.39 is 0 Å². The van der Waals surface area contributed by atoms with E-state index in [9.17, 15) is 9.59 Å². The van der Waals surface area contributed by atoms with Crippen LogP contribution >= 0.6 is 11.3 Å². The van der Waals surface area contributed by atoms with Crippen molar-refractivity contribution in [2.45, 2.75) is 13.5 Å². The molecule has 0 atom stereocenters. The van der Waals surface area contributed by atoms with E-state index in [1.165, 1.54) is 28.7 Å². The van der Waals surface area contributed by atoms with Crippen LogP contribution < -0.4 is 10.9 Å². The van der Waals surface area contributed by atoms with Gasteiger partial charge >= 0.3 is 0 Å². The molecule has 2 aromatic heterocycles. The molecule has 0 spiro atoms. The zero-order valence-electron chi connectivity index (χ0n) is 14.5. The lowest BCUT2D eigenvalue weighted by molar-refractivity contribution is -0.116. The Morgan fingerprint density at radius 2 is 1.96 bits per heavy atom. The normalized spacial score (nSPS) is 10.9. The molecule has 2 heterocycles. The molecule has 2 aromatic carbocycles. The van der Waals surface area contributed by atoms with Crippen LogP contribution in [0, 0.1) is 6.92 Å². The van der Waals surface area contributed by atoms with E-state index in [1.54, 1.807) is 11.3 Å². The van der Waals surface area contributed by atoms with Crippen LogP contribution in [0.4, 0.5) is 5.69 Å². The third-order valence-corrected chi connectivity index (χ3v) is 5.13. The summed E-state index contributed by atoms with van der Waals surface area (Å²) >= 11 is 1.64. The second kappa shape index (κ2) is 7.13. The Balaban J connectivity index is 1.49. The lowest BCUT2D eigenvalue weighted by atomic mass is 10.2. The predicted molar refractivity (Wildman–Crippen MR) is 107 cm³/mol. The van der Waals surface area contributed by atoms with Crippen molar-refractivity contribution in [3.05, 3.63) is 77.0 Å². The molecule has 0 aliphatic rings. The molecule has 0 unspecified atom stereocenters. The summed E-state index contributed by atoms with van der Waals surface area (Å²) < 4.78 is 2.41. The van der Waals surface area contributed by atoms with E-state index in [1.807, 2.05) is 30.3 Å². The molecule has 0 saturated carbocycles. The second-order valence-corrected chi connectivity index (χ2v) is 7.19. The zero-order valence-corrected chi connectivity index (χ0v) is 15.4. The number of benzene rings is 2. The van der Waals surface area contributed by atoms with Crippen molar-refractivity contribution < 1.29 is 4.79 Å². The average Bonchev–Trinajstić information content (AvgIpc) is 3.07. The van der Waals surface area contributed by atoms with E-state index in [0.717, 1.165) is 20.8 Å². The van der Waals surface area contributed by atoms with Gasteiger partial charge in [-0.2, -0.15) is 0 Å². The number of amides is 1. The summed E-state index contributed by atoms with van der Waals surface area (Å²) in [5.41, 5.74) is 3.60. The number of fused-ring (bicyclic) bond motifs is 1. The third-order valence-electron chi connectivity index (χ3n) is 4.07. The summed E-state index contributed by atoms with van der Waals surface area (Å²) in [4.78, 5) is 32.3. The van der Waals surface area contributed by atoms with E-state index >= 15 is 0 Å². The quantitative estimate of drug-likeness (QED) is 0.592. The van der Waals surface area contributed by atoms with Crippen LogP contribution in [0.2, 0.25) is 0 Å². The fraction of sp³-hybridized carbons (Fsp3) is 0.100. The number of carbonyl (C=O) groups excluding carboxylic acids is 1. The maximum Gasteiger partial charge on any atom is 0.253 e. The van der Waals surface area contributed by atoms with Gasteiger partial charge in [0.1, 0.15) is 11.6 Å². The maximum absolute atomic E-state index is 12.1. The first kappa shape index (κ1) is 17.1. The van der Waals surface area contributed by atoms with Crippen LogP contribution in [0.3, 0.4) is 0 Å². The van der Waals surface area contributed by atoms with Crippen molar-refractivity contribution in [3.63, 3.8) is 0 Å². The van der Waals surface area contributed by atoms with Crippen LogP contribution in [0.1, 0.15) is 5.56 Å². The molecule has 0 radical (unpaired) electrons. The number of hydrogen-bond donors (Lipinski definition) is 1. The van der Waals surface area contributed by atoms with Gasteiger partial charge in [-0.3, -0.25) is 14.2 Å². The highest BCUT2D eigenvalue weighted by atomic mass is 32.1. The number of thiazole rings is 1. The van der Waals surface area contributed by atoms with Gasteiger partial charge in [0.2, 0.25) is 5.91 Å². The Hall–Kier alpha value is -3.32. The van der Waals surface area contributed by atoms with Gasteiger partial charge < -0.3 is 5.32 Å². The van der Waals surface area contributed by atoms with Crippen LogP contribution in [-0.2, 0) is 11.3 Å². The van der Waals surface area contributed by atoms with E-state index in [4.69, 9.17) is 0 Å². The summed E-state index contributed by atoms with van der Waals surface area (Å²) in [6.07, 6.45) is 2.75. The molecule has 1 amide bonds. The van der Waals surface area contributed by atoms with Gasteiger partial charge in [0.05, 0.1) is 16.5 Å². The molecule has 0 bridgehead atoms. The first-order valence-corrected chi connectivity index (χ1v) is 9.18. The first-order valence-electron chi connectivity index (χ1n) is 8.36. The van der Waals surface area contributed by atoms with Crippen molar-refractivity contribution in [2.24, 2.45) is 0 Å². The molecular formula is C20H16N4O2S. The Labute approximate surface area is 159 Å².